The van der Waals surface area contributed by atoms with Crippen molar-refractivity contribution >= 4 is 11.6 Å². The number of carbonyl (C=O) groups is 1. The van der Waals surface area contributed by atoms with E-state index in [0.29, 0.717) is 23.6 Å². The molecule has 1 heterocycles. The van der Waals surface area contributed by atoms with Crippen LogP contribution in [-0.4, -0.2) is 42.5 Å². The zero-order chi connectivity index (χ0) is 20.8. The summed E-state index contributed by atoms with van der Waals surface area (Å²) < 4.78 is 5.20. The molecule has 0 spiro atoms. The van der Waals surface area contributed by atoms with Crippen LogP contribution in [0, 0.1) is 23.0 Å². The fraction of sp³-hybridized carbons (Fsp3) is 0.409. The number of hydrogen-bond acceptors (Lipinski definition) is 5. The van der Waals surface area contributed by atoms with Crippen LogP contribution in [0.15, 0.2) is 42.5 Å². The number of ether oxygens (including phenoxy) is 1. The van der Waals surface area contributed by atoms with E-state index in [1.54, 1.807) is 20.1 Å². The predicted molar refractivity (Wildman–Crippen MR) is 111 cm³/mol. The first-order chi connectivity index (χ1) is 14.0. The highest BCUT2D eigenvalue weighted by Gasteiger charge is 2.20. The molecule has 1 fully saturated rings. The number of nitrogens with one attached hydrogen (secondary N) is 1. The lowest BCUT2D eigenvalue weighted by atomic mass is 9.96. The van der Waals surface area contributed by atoms with Gasteiger partial charge in [0, 0.05) is 30.3 Å². The number of likely N-dealkylation sites (tertiary alicyclic amines) is 1. The average molecular weight is 397 g/mol. The van der Waals surface area contributed by atoms with E-state index in [1.165, 1.54) is 17.7 Å². The van der Waals surface area contributed by atoms with Crippen molar-refractivity contribution in [2.24, 2.45) is 5.92 Å². The fourth-order valence-corrected chi connectivity index (χ4v) is 3.68. The molecule has 0 saturated carbocycles. The number of nitrogens with zero attached hydrogens (tertiary/aromatic N) is 2. The third-order valence-electron chi connectivity index (χ3n) is 5.48. The minimum atomic E-state index is -0.434. The van der Waals surface area contributed by atoms with E-state index >= 15 is 0 Å². The third kappa shape index (κ3) is 5.54. The Morgan fingerprint density at radius 1 is 1.21 bits per heavy atom. The molecule has 154 valence electrons. The maximum Gasteiger partial charge on any atom is 0.272 e. The minimum absolute atomic E-state index is 0.0331. The standard InChI is InChI=1S/C22H27N3O4/c1-16-13-19(5-8-21(16)25(27)28)22(26)23-14-17-9-11-24(12-10-17)15-18-3-6-20(29-2)7-4-18/h3-8,13,17H,9-12,14-15H2,1-2H3,(H,23,26). The second-order valence-corrected chi connectivity index (χ2v) is 7.54. The van der Waals surface area contributed by atoms with Crippen LogP contribution in [0.5, 0.6) is 5.75 Å². The van der Waals surface area contributed by atoms with Gasteiger partial charge in [0.1, 0.15) is 5.75 Å². The molecule has 7 heteroatoms. The van der Waals surface area contributed by atoms with Crippen LogP contribution < -0.4 is 10.1 Å². The van der Waals surface area contributed by atoms with Gasteiger partial charge in [-0.15, -0.1) is 0 Å². The minimum Gasteiger partial charge on any atom is -0.497 e. The predicted octanol–water partition coefficient (Wildman–Crippen LogP) is 3.55. The maximum absolute atomic E-state index is 12.4. The van der Waals surface area contributed by atoms with E-state index in [-0.39, 0.29) is 11.6 Å². The van der Waals surface area contributed by atoms with Gasteiger partial charge in [-0.25, -0.2) is 0 Å². The molecule has 29 heavy (non-hydrogen) atoms. The summed E-state index contributed by atoms with van der Waals surface area (Å²) in [6.07, 6.45) is 2.07. The van der Waals surface area contributed by atoms with E-state index in [9.17, 15) is 14.9 Å². The van der Waals surface area contributed by atoms with E-state index in [4.69, 9.17) is 4.74 Å². The van der Waals surface area contributed by atoms with Gasteiger partial charge in [-0.1, -0.05) is 12.1 Å². The van der Waals surface area contributed by atoms with Gasteiger partial charge in [0.15, 0.2) is 0 Å². The van der Waals surface area contributed by atoms with E-state index in [2.05, 4.69) is 22.3 Å². The highest BCUT2D eigenvalue weighted by molar-refractivity contribution is 5.94. The van der Waals surface area contributed by atoms with Gasteiger partial charge < -0.3 is 10.1 Å². The Hall–Kier alpha value is -2.93. The Kier molecular flexibility index (Phi) is 6.82. The van der Waals surface area contributed by atoms with Gasteiger partial charge in [0.2, 0.25) is 0 Å². The highest BCUT2D eigenvalue weighted by Crippen LogP contribution is 2.21. The molecule has 0 radical (unpaired) electrons. The monoisotopic (exact) mass is 397 g/mol. The molecule has 0 bridgehead atoms. The topological polar surface area (TPSA) is 84.7 Å². The third-order valence-corrected chi connectivity index (χ3v) is 5.48. The van der Waals surface area contributed by atoms with Crippen LogP contribution in [0.2, 0.25) is 0 Å². The van der Waals surface area contributed by atoms with E-state index in [0.717, 1.165) is 38.2 Å². The number of piperidine rings is 1. The summed E-state index contributed by atoms with van der Waals surface area (Å²) in [4.78, 5) is 25.3. The molecule has 0 aromatic heterocycles. The van der Waals surface area contributed by atoms with Crippen molar-refractivity contribution in [3.63, 3.8) is 0 Å². The van der Waals surface area contributed by atoms with Gasteiger partial charge in [-0.05, 0) is 68.6 Å². The van der Waals surface area contributed by atoms with Crippen LogP contribution in [0.4, 0.5) is 5.69 Å². The number of nitro benzene ring substituents is 1. The smallest absolute Gasteiger partial charge is 0.272 e. The first-order valence-electron chi connectivity index (χ1n) is 9.85. The number of amides is 1. The molecule has 2 aromatic carbocycles. The highest BCUT2D eigenvalue weighted by atomic mass is 16.6. The SMILES string of the molecule is COc1ccc(CN2CCC(CNC(=O)c3ccc([N+](=O)[O-])c(C)c3)CC2)cc1. The van der Waals surface area contributed by atoms with Gasteiger partial charge >= 0.3 is 0 Å². The second kappa shape index (κ2) is 9.52. The number of nitro groups is 1. The summed E-state index contributed by atoms with van der Waals surface area (Å²) in [5.74, 6) is 1.14. The zero-order valence-corrected chi connectivity index (χ0v) is 16.9. The molecular formula is C22H27N3O4. The zero-order valence-electron chi connectivity index (χ0n) is 16.9. The molecule has 0 atom stereocenters. The van der Waals surface area contributed by atoms with E-state index < -0.39 is 4.92 Å². The van der Waals surface area contributed by atoms with Crippen LogP contribution in [0.3, 0.4) is 0 Å². The summed E-state index contributed by atoms with van der Waals surface area (Å²) >= 11 is 0. The lowest BCUT2D eigenvalue weighted by molar-refractivity contribution is -0.385. The molecule has 2 aromatic rings. The van der Waals surface area contributed by atoms with Crippen molar-refractivity contribution in [3.8, 4) is 5.75 Å². The van der Waals surface area contributed by atoms with Crippen molar-refractivity contribution in [1.29, 1.82) is 0 Å². The molecule has 1 amide bonds. The van der Waals surface area contributed by atoms with Crippen molar-refractivity contribution < 1.29 is 14.5 Å². The van der Waals surface area contributed by atoms with Gasteiger partial charge in [-0.3, -0.25) is 19.8 Å². The van der Waals surface area contributed by atoms with Crippen LogP contribution in [0.25, 0.3) is 0 Å². The van der Waals surface area contributed by atoms with Crippen molar-refractivity contribution in [1.82, 2.24) is 10.2 Å². The summed E-state index contributed by atoms with van der Waals surface area (Å²) in [6, 6.07) is 12.6. The van der Waals surface area contributed by atoms with Crippen molar-refractivity contribution in [3.05, 3.63) is 69.3 Å². The fourth-order valence-electron chi connectivity index (χ4n) is 3.68. The van der Waals surface area contributed by atoms with Crippen LogP contribution >= 0.6 is 0 Å². The first-order valence-corrected chi connectivity index (χ1v) is 9.85. The molecule has 3 rings (SSSR count). The normalized spacial score (nSPS) is 15.1. The maximum atomic E-state index is 12.4. The van der Waals surface area contributed by atoms with Crippen LogP contribution in [0.1, 0.15) is 34.3 Å². The summed E-state index contributed by atoms with van der Waals surface area (Å²) in [6.45, 7) is 5.20. The molecular weight excluding hydrogens is 370 g/mol. The second-order valence-electron chi connectivity index (χ2n) is 7.54. The lowest BCUT2D eigenvalue weighted by Crippen LogP contribution is -2.38. The molecule has 1 aliphatic rings. The van der Waals surface area contributed by atoms with Gasteiger partial charge in [0.25, 0.3) is 11.6 Å². The average Bonchev–Trinajstić information content (AvgIpc) is 2.73. The van der Waals surface area contributed by atoms with Crippen LogP contribution in [-0.2, 0) is 6.54 Å². The molecule has 1 N–H and O–H groups in total. The number of carbonyl (C=O) groups excluding carboxylic acids is 1. The van der Waals surface area contributed by atoms with Gasteiger partial charge in [0.05, 0.1) is 12.0 Å². The number of methoxy groups -OCH3 is 1. The number of aryl methyl sites for hydroxylation is 1. The number of hydrogen-bond donors (Lipinski definition) is 1. The quantitative estimate of drug-likeness (QED) is 0.570. The molecule has 7 nitrogen and oxygen atoms in total. The number of rotatable bonds is 7. The van der Waals surface area contributed by atoms with E-state index in [1.807, 2.05) is 12.1 Å². The summed E-state index contributed by atoms with van der Waals surface area (Å²) in [5, 5.41) is 13.9. The molecule has 0 aliphatic carbocycles. The lowest BCUT2D eigenvalue weighted by Gasteiger charge is -2.32. The first kappa shape index (κ1) is 20.8. The van der Waals surface area contributed by atoms with Crippen molar-refractivity contribution in [2.45, 2.75) is 26.3 Å². The Bertz CT molecular complexity index is 859. The molecule has 1 aliphatic heterocycles. The molecule has 1 saturated heterocycles. The number of benzene rings is 2. The largest absolute Gasteiger partial charge is 0.497 e. The summed E-state index contributed by atoms with van der Waals surface area (Å²) in [7, 11) is 1.67. The Morgan fingerprint density at radius 2 is 1.90 bits per heavy atom. The van der Waals surface area contributed by atoms with Crippen molar-refractivity contribution in [2.75, 3.05) is 26.7 Å². The van der Waals surface area contributed by atoms with Gasteiger partial charge in [-0.2, -0.15) is 0 Å². The Balaban J connectivity index is 1.44. The molecule has 0 unspecified atom stereocenters. The Morgan fingerprint density at radius 3 is 2.48 bits per heavy atom. The Labute approximate surface area is 170 Å². The summed E-state index contributed by atoms with van der Waals surface area (Å²) in [5.41, 5.74) is 2.26.